The first-order valence-electron chi connectivity index (χ1n) is 7.01. The van der Waals surface area contributed by atoms with Gasteiger partial charge in [0.25, 0.3) is 0 Å². The molecule has 0 aromatic carbocycles. The summed E-state index contributed by atoms with van der Waals surface area (Å²) in [7, 11) is 2.14. The van der Waals surface area contributed by atoms with Crippen molar-refractivity contribution in [2.45, 2.75) is 19.8 Å². The molecule has 0 radical (unpaired) electrons. The summed E-state index contributed by atoms with van der Waals surface area (Å²) in [6, 6.07) is 2.06. The molecule has 0 saturated heterocycles. The van der Waals surface area contributed by atoms with E-state index in [1.165, 1.54) is 28.1 Å². The number of furan rings is 1. The number of allylic oxidation sites excluding steroid dienone is 3. The van der Waals surface area contributed by atoms with Crippen molar-refractivity contribution in [1.82, 2.24) is 4.57 Å². The van der Waals surface area contributed by atoms with Gasteiger partial charge in [0.05, 0.1) is 12.0 Å². The Morgan fingerprint density at radius 2 is 2.30 bits per heavy atom. The molecule has 2 heterocycles. The fourth-order valence-electron chi connectivity index (χ4n) is 3.09. The van der Waals surface area contributed by atoms with Crippen LogP contribution in [0.25, 0.3) is 23.4 Å². The summed E-state index contributed by atoms with van der Waals surface area (Å²) < 4.78 is 7.88. The maximum Gasteiger partial charge on any atom is 0.135 e. The Labute approximate surface area is 119 Å². The van der Waals surface area contributed by atoms with Crippen LogP contribution in [0, 0.1) is 0 Å². The van der Waals surface area contributed by atoms with Gasteiger partial charge in [-0.25, -0.2) is 0 Å². The van der Waals surface area contributed by atoms with E-state index in [4.69, 9.17) is 4.42 Å². The molecular weight excluding hydrogens is 246 g/mol. The summed E-state index contributed by atoms with van der Waals surface area (Å²) in [5.74, 6) is 0.950. The highest BCUT2D eigenvalue weighted by Crippen LogP contribution is 2.37. The topological polar surface area (TPSA) is 18.1 Å². The van der Waals surface area contributed by atoms with Crippen LogP contribution in [0.2, 0.25) is 0 Å². The van der Waals surface area contributed by atoms with Crippen LogP contribution in [-0.4, -0.2) is 4.57 Å². The molecule has 0 atom stereocenters. The summed E-state index contributed by atoms with van der Waals surface area (Å²) in [5.41, 5.74) is 6.52. The quantitative estimate of drug-likeness (QED) is 0.741. The van der Waals surface area contributed by atoms with Crippen LogP contribution in [0.4, 0.5) is 0 Å². The van der Waals surface area contributed by atoms with Crippen molar-refractivity contribution in [1.29, 1.82) is 0 Å². The van der Waals surface area contributed by atoms with Crippen LogP contribution in [0.15, 0.2) is 41.6 Å². The van der Waals surface area contributed by atoms with E-state index in [9.17, 15) is 0 Å². The zero-order valence-electron chi connectivity index (χ0n) is 12.0. The van der Waals surface area contributed by atoms with Crippen molar-refractivity contribution in [3.8, 4) is 11.3 Å². The summed E-state index contributed by atoms with van der Waals surface area (Å²) in [6.07, 6.45) is 14.0. The lowest BCUT2D eigenvalue weighted by atomic mass is 10.0. The van der Waals surface area contributed by atoms with E-state index < -0.39 is 0 Å². The Morgan fingerprint density at radius 3 is 3.05 bits per heavy atom. The molecule has 1 aliphatic carbocycles. The molecule has 0 fully saturated rings. The first-order valence-corrected chi connectivity index (χ1v) is 7.01. The van der Waals surface area contributed by atoms with Gasteiger partial charge in [0.2, 0.25) is 0 Å². The summed E-state index contributed by atoms with van der Waals surface area (Å²) in [4.78, 5) is 0. The van der Waals surface area contributed by atoms with E-state index >= 15 is 0 Å². The first kappa shape index (κ1) is 12.8. The van der Waals surface area contributed by atoms with Crippen LogP contribution < -0.4 is 0 Å². The second-order valence-electron chi connectivity index (χ2n) is 5.00. The maximum absolute atomic E-state index is 5.58. The molecule has 20 heavy (non-hydrogen) atoms. The summed E-state index contributed by atoms with van der Waals surface area (Å²) in [6.45, 7) is 5.97. The van der Waals surface area contributed by atoms with Gasteiger partial charge >= 0.3 is 0 Å². The highest BCUT2D eigenvalue weighted by molar-refractivity contribution is 5.80. The number of nitrogens with zero attached hydrogens (tertiary/aromatic N) is 1. The minimum absolute atomic E-state index is 0.935. The Balaban J connectivity index is 2.31. The molecule has 0 unspecified atom stereocenters. The van der Waals surface area contributed by atoms with Gasteiger partial charge in [-0.15, -0.1) is 0 Å². The van der Waals surface area contributed by atoms with Crippen LogP contribution in [0.5, 0.6) is 0 Å². The Hall–Kier alpha value is -2.22. The third-order valence-electron chi connectivity index (χ3n) is 3.94. The van der Waals surface area contributed by atoms with E-state index in [2.05, 4.69) is 49.4 Å². The number of rotatable bonds is 3. The van der Waals surface area contributed by atoms with Crippen molar-refractivity contribution in [2.75, 3.05) is 0 Å². The molecule has 2 aromatic heterocycles. The van der Waals surface area contributed by atoms with Crippen LogP contribution in [0.1, 0.15) is 29.5 Å². The molecule has 2 nitrogen and oxygen atoms in total. The SMILES string of the molecule is C=C/C=C\c1c2c(n(C)c1CC)-c1ccoc1C=CC2. The van der Waals surface area contributed by atoms with E-state index in [0.717, 1.165) is 18.6 Å². The third-order valence-corrected chi connectivity index (χ3v) is 3.94. The van der Waals surface area contributed by atoms with E-state index in [-0.39, 0.29) is 0 Å². The van der Waals surface area contributed by atoms with Crippen LogP contribution in [0.3, 0.4) is 0 Å². The molecule has 3 rings (SSSR count). The minimum Gasteiger partial charge on any atom is -0.464 e. The molecule has 0 amide bonds. The highest BCUT2D eigenvalue weighted by atomic mass is 16.3. The second kappa shape index (κ2) is 5.04. The van der Waals surface area contributed by atoms with Crippen LogP contribution >= 0.6 is 0 Å². The van der Waals surface area contributed by atoms with Crippen molar-refractivity contribution >= 4 is 12.2 Å². The van der Waals surface area contributed by atoms with Gasteiger partial charge in [0.15, 0.2) is 0 Å². The van der Waals surface area contributed by atoms with Crippen molar-refractivity contribution in [3.63, 3.8) is 0 Å². The van der Waals surface area contributed by atoms with Crippen molar-refractivity contribution in [2.24, 2.45) is 7.05 Å². The lowest BCUT2D eigenvalue weighted by Crippen LogP contribution is -1.98. The standard InChI is InChI=1S/C18H19NO/c1-4-6-8-13-14-9-7-10-17-15(11-12-20-17)18(14)19(3)16(13)5-2/h4,6-8,10-12H,1,5,9H2,2-3H3/b8-6-. The predicted octanol–water partition coefficient (Wildman–Crippen LogP) is 4.62. The van der Waals surface area contributed by atoms with Gasteiger partial charge in [-0.1, -0.05) is 37.8 Å². The lowest BCUT2D eigenvalue weighted by Gasteiger charge is -2.06. The zero-order chi connectivity index (χ0) is 14.1. The maximum atomic E-state index is 5.58. The predicted molar refractivity (Wildman–Crippen MR) is 84.5 cm³/mol. The van der Waals surface area contributed by atoms with Gasteiger partial charge in [-0.05, 0) is 36.1 Å². The average molecular weight is 265 g/mol. The molecule has 0 aliphatic heterocycles. The van der Waals surface area contributed by atoms with Gasteiger partial charge in [0.1, 0.15) is 5.76 Å². The normalized spacial score (nSPS) is 13.3. The summed E-state index contributed by atoms with van der Waals surface area (Å²) >= 11 is 0. The Bertz CT molecular complexity index is 710. The molecule has 0 saturated carbocycles. The van der Waals surface area contributed by atoms with E-state index in [1.54, 1.807) is 6.26 Å². The van der Waals surface area contributed by atoms with E-state index in [1.807, 2.05) is 12.2 Å². The number of aromatic nitrogens is 1. The fraction of sp³-hybridized carbons (Fsp3) is 0.222. The molecule has 2 aromatic rings. The Morgan fingerprint density at radius 1 is 1.45 bits per heavy atom. The van der Waals surface area contributed by atoms with Gasteiger partial charge in [-0.3, -0.25) is 0 Å². The zero-order valence-corrected chi connectivity index (χ0v) is 12.0. The van der Waals surface area contributed by atoms with Crippen LogP contribution in [-0.2, 0) is 19.9 Å². The summed E-state index contributed by atoms with van der Waals surface area (Å²) in [5, 5.41) is 0. The van der Waals surface area contributed by atoms with Gasteiger partial charge in [0, 0.05) is 18.3 Å². The minimum atomic E-state index is 0.935. The molecule has 0 bridgehead atoms. The van der Waals surface area contributed by atoms with Gasteiger partial charge in [-0.2, -0.15) is 0 Å². The smallest absolute Gasteiger partial charge is 0.135 e. The highest BCUT2D eigenvalue weighted by Gasteiger charge is 2.22. The molecule has 102 valence electrons. The van der Waals surface area contributed by atoms with E-state index in [0.29, 0.717) is 0 Å². The largest absolute Gasteiger partial charge is 0.464 e. The molecule has 0 spiro atoms. The molecule has 2 heteroatoms. The number of hydrogen-bond acceptors (Lipinski definition) is 1. The first-order chi connectivity index (χ1) is 9.77. The average Bonchev–Trinajstić information content (AvgIpc) is 2.94. The fourth-order valence-corrected chi connectivity index (χ4v) is 3.09. The number of fused-ring (bicyclic) bond motifs is 3. The Kier molecular flexibility index (Phi) is 3.23. The third kappa shape index (κ3) is 1.80. The molecule has 0 N–H and O–H groups in total. The monoisotopic (exact) mass is 265 g/mol. The lowest BCUT2D eigenvalue weighted by molar-refractivity contribution is 0.557. The second-order valence-corrected chi connectivity index (χ2v) is 5.00. The van der Waals surface area contributed by atoms with Gasteiger partial charge < -0.3 is 8.98 Å². The molecular formula is C18H19NO. The number of hydrogen-bond donors (Lipinski definition) is 0. The van der Waals surface area contributed by atoms with Crippen molar-refractivity contribution < 1.29 is 4.42 Å². The molecule has 1 aliphatic rings. The van der Waals surface area contributed by atoms with Crippen molar-refractivity contribution in [3.05, 3.63) is 59.7 Å².